The Morgan fingerprint density at radius 3 is 2.70 bits per heavy atom. The molecule has 10 nitrogen and oxygen atoms in total. The average Bonchev–Trinajstić information content (AvgIpc) is 3.58. The Morgan fingerprint density at radius 1 is 1.14 bits per heavy atom. The molecule has 1 amide bonds. The van der Waals surface area contributed by atoms with Gasteiger partial charge in [-0.1, -0.05) is 0 Å². The van der Waals surface area contributed by atoms with Gasteiger partial charge in [-0.15, -0.1) is 0 Å². The Hall–Kier alpha value is -4.32. The van der Waals surface area contributed by atoms with Gasteiger partial charge in [0.25, 0.3) is 6.43 Å². The number of hydrogen-bond acceptors (Lipinski definition) is 6. The molecular weight excluding hydrogens is 570 g/mol. The summed E-state index contributed by atoms with van der Waals surface area (Å²) >= 11 is 0. The van der Waals surface area contributed by atoms with Gasteiger partial charge in [0.15, 0.2) is 5.82 Å². The average molecular weight is 605 g/mol. The van der Waals surface area contributed by atoms with E-state index in [-0.39, 0.29) is 24.1 Å². The molecule has 0 unspecified atom stereocenters. The number of rotatable bonds is 6. The summed E-state index contributed by atoms with van der Waals surface area (Å²) in [5.41, 5.74) is 5.11. The van der Waals surface area contributed by atoms with Crippen LogP contribution in [0.2, 0.25) is 0 Å². The molecule has 0 aliphatic carbocycles. The van der Waals surface area contributed by atoms with Crippen LogP contribution in [0.1, 0.15) is 61.0 Å². The molecule has 0 radical (unpaired) electrons. The maximum atomic E-state index is 14.9. The fourth-order valence-electron chi connectivity index (χ4n) is 7.06. The molecule has 0 saturated carbocycles. The number of alkyl halides is 2. The summed E-state index contributed by atoms with van der Waals surface area (Å²) in [4.78, 5) is 32.0. The minimum Gasteiger partial charge on any atom is -0.480 e. The number of aryl methyl sites for hydroxylation is 1. The van der Waals surface area contributed by atoms with E-state index in [9.17, 15) is 23.5 Å². The van der Waals surface area contributed by atoms with Crippen LogP contribution in [-0.2, 0) is 40.3 Å². The number of carboxylic acid groups (broad SMARTS) is 1. The molecule has 0 atom stereocenters. The summed E-state index contributed by atoms with van der Waals surface area (Å²) in [6.45, 7) is 4.29. The Balaban J connectivity index is 1.36. The Morgan fingerprint density at radius 2 is 1.95 bits per heavy atom. The van der Waals surface area contributed by atoms with Crippen LogP contribution < -0.4 is 4.90 Å². The third-order valence-electron chi connectivity index (χ3n) is 9.19. The number of nitrogens with zero attached hydrogens (tertiary/aromatic N) is 6. The SMILES string of the molecule is CC(=O)N1CCc2c(c(N3CCCc4cc(-c5cn(CC(=O)O)c6ccncc56)c(C(F)F)cc43)nn2C2CCOCC2)C1. The number of carbonyl (C=O) groups is 2. The Kier molecular flexibility index (Phi) is 7.31. The van der Waals surface area contributed by atoms with Crippen molar-refractivity contribution in [2.45, 2.75) is 64.6 Å². The molecule has 0 spiro atoms. The van der Waals surface area contributed by atoms with E-state index in [4.69, 9.17) is 9.84 Å². The zero-order chi connectivity index (χ0) is 30.5. The van der Waals surface area contributed by atoms with Crippen molar-refractivity contribution in [2.24, 2.45) is 0 Å². The van der Waals surface area contributed by atoms with Crippen LogP contribution in [0.5, 0.6) is 0 Å². The number of carboxylic acids is 1. The van der Waals surface area contributed by atoms with E-state index >= 15 is 0 Å². The van der Waals surface area contributed by atoms with E-state index in [1.807, 2.05) is 11.0 Å². The van der Waals surface area contributed by atoms with Crippen LogP contribution in [0.4, 0.5) is 20.3 Å². The van der Waals surface area contributed by atoms with Gasteiger partial charge < -0.3 is 24.2 Å². The zero-order valence-corrected chi connectivity index (χ0v) is 24.5. The molecule has 4 aromatic rings. The molecule has 1 fully saturated rings. The fourth-order valence-corrected chi connectivity index (χ4v) is 7.06. The first kappa shape index (κ1) is 28.5. The standard InChI is InChI=1S/C32H34F2N6O4/c1-19(41)37-10-5-28-26(17-37)32(36-40(28)21-6-11-44-12-7-21)39-9-2-3-20-13-22(23(31(33)34)14-29(20)39)25-16-38(18-30(42)43)27-4-8-35-15-24(25)27/h4,8,13-16,21,31H,2-3,5-7,9-12,17-18H2,1H3,(H,42,43). The van der Waals surface area contributed by atoms with Gasteiger partial charge in [0.2, 0.25) is 5.91 Å². The number of aromatic nitrogens is 4. The number of hydrogen-bond donors (Lipinski definition) is 1. The van der Waals surface area contributed by atoms with E-state index in [0.29, 0.717) is 73.4 Å². The molecule has 1 N–H and O–H groups in total. The molecular formula is C32H34F2N6O4. The lowest BCUT2D eigenvalue weighted by Crippen LogP contribution is -2.36. The van der Waals surface area contributed by atoms with Gasteiger partial charge >= 0.3 is 5.97 Å². The summed E-state index contributed by atoms with van der Waals surface area (Å²) in [6, 6.07) is 5.30. The Bertz CT molecular complexity index is 1760. The first-order chi connectivity index (χ1) is 21.3. The maximum Gasteiger partial charge on any atom is 0.323 e. The smallest absolute Gasteiger partial charge is 0.323 e. The highest BCUT2D eigenvalue weighted by molar-refractivity contribution is 5.97. The molecule has 44 heavy (non-hydrogen) atoms. The highest BCUT2D eigenvalue weighted by atomic mass is 19.3. The van der Waals surface area contributed by atoms with Crippen molar-refractivity contribution in [3.05, 3.63) is 59.2 Å². The van der Waals surface area contributed by atoms with E-state index in [2.05, 4.69) is 14.6 Å². The predicted octanol–water partition coefficient (Wildman–Crippen LogP) is 5.26. The van der Waals surface area contributed by atoms with Crippen molar-refractivity contribution in [2.75, 3.05) is 31.2 Å². The molecule has 3 aromatic heterocycles. The summed E-state index contributed by atoms with van der Waals surface area (Å²) in [7, 11) is 0. The van der Waals surface area contributed by atoms with Crippen LogP contribution >= 0.6 is 0 Å². The minimum atomic E-state index is -2.77. The van der Waals surface area contributed by atoms with Crippen LogP contribution in [0, 0.1) is 0 Å². The number of carbonyl (C=O) groups excluding carboxylic acids is 1. The second-order valence-electron chi connectivity index (χ2n) is 11.8. The van der Waals surface area contributed by atoms with Gasteiger partial charge in [-0.2, -0.15) is 5.10 Å². The molecule has 3 aliphatic rings. The first-order valence-electron chi connectivity index (χ1n) is 15.1. The second kappa shape index (κ2) is 11.3. The number of fused-ring (bicyclic) bond motifs is 3. The van der Waals surface area contributed by atoms with Crippen LogP contribution in [0.3, 0.4) is 0 Å². The zero-order valence-electron chi connectivity index (χ0n) is 24.5. The summed E-state index contributed by atoms with van der Waals surface area (Å²) in [6.07, 6.45) is 5.93. The minimum absolute atomic E-state index is 0.000593. The van der Waals surface area contributed by atoms with Crippen LogP contribution in [-0.4, -0.2) is 67.5 Å². The normalized spacial score (nSPS) is 17.3. The molecule has 1 saturated heterocycles. The Labute approximate surface area is 252 Å². The van der Waals surface area contributed by atoms with E-state index in [1.54, 1.807) is 42.2 Å². The first-order valence-corrected chi connectivity index (χ1v) is 15.1. The van der Waals surface area contributed by atoms with Crippen molar-refractivity contribution < 1.29 is 28.2 Å². The molecule has 12 heteroatoms. The van der Waals surface area contributed by atoms with Crippen LogP contribution in [0.25, 0.3) is 22.0 Å². The second-order valence-corrected chi connectivity index (χ2v) is 11.8. The van der Waals surface area contributed by atoms with Crippen molar-refractivity contribution >= 4 is 34.3 Å². The molecule has 230 valence electrons. The van der Waals surface area contributed by atoms with Crippen molar-refractivity contribution in [1.82, 2.24) is 24.2 Å². The lowest BCUT2D eigenvalue weighted by Gasteiger charge is -2.33. The molecule has 7 rings (SSSR count). The molecule has 3 aliphatic heterocycles. The third kappa shape index (κ3) is 4.90. The van der Waals surface area contributed by atoms with Gasteiger partial charge in [0.05, 0.1) is 18.1 Å². The van der Waals surface area contributed by atoms with E-state index < -0.39 is 12.4 Å². The number of halogens is 2. The maximum absolute atomic E-state index is 14.9. The lowest BCUT2D eigenvalue weighted by molar-refractivity contribution is -0.137. The van der Waals surface area contributed by atoms with Gasteiger partial charge in [-0.25, -0.2) is 8.78 Å². The third-order valence-corrected chi connectivity index (χ3v) is 9.19. The monoisotopic (exact) mass is 604 g/mol. The quantitative estimate of drug-likeness (QED) is 0.320. The summed E-state index contributed by atoms with van der Waals surface area (Å²) < 4.78 is 39.0. The number of anilines is 2. The largest absolute Gasteiger partial charge is 0.480 e. The lowest BCUT2D eigenvalue weighted by atomic mass is 9.91. The topological polar surface area (TPSA) is 106 Å². The van der Waals surface area contributed by atoms with Crippen molar-refractivity contribution in [3.8, 4) is 11.1 Å². The van der Waals surface area contributed by atoms with Gasteiger partial charge in [0, 0.05) is 91.7 Å². The predicted molar refractivity (Wildman–Crippen MR) is 159 cm³/mol. The molecule has 6 heterocycles. The van der Waals surface area contributed by atoms with Gasteiger partial charge in [-0.05, 0) is 55.0 Å². The summed E-state index contributed by atoms with van der Waals surface area (Å²) in [5.74, 6) is -0.290. The highest BCUT2D eigenvalue weighted by Crippen LogP contribution is 2.45. The van der Waals surface area contributed by atoms with Crippen molar-refractivity contribution in [1.29, 1.82) is 0 Å². The molecule has 0 bridgehead atoms. The van der Waals surface area contributed by atoms with E-state index in [0.717, 1.165) is 41.9 Å². The number of amides is 1. The highest BCUT2D eigenvalue weighted by Gasteiger charge is 2.34. The number of benzene rings is 1. The fraction of sp³-hybridized carbons (Fsp3) is 0.438. The van der Waals surface area contributed by atoms with E-state index in [1.165, 1.54) is 0 Å². The van der Waals surface area contributed by atoms with Crippen molar-refractivity contribution in [3.63, 3.8) is 0 Å². The number of pyridine rings is 1. The molecule has 1 aromatic carbocycles. The number of aliphatic carboxylic acids is 1. The van der Waals surface area contributed by atoms with Crippen LogP contribution in [0.15, 0.2) is 36.8 Å². The number of ether oxygens (including phenoxy) is 1. The van der Waals surface area contributed by atoms with Gasteiger partial charge in [0.1, 0.15) is 6.54 Å². The summed E-state index contributed by atoms with van der Waals surface area (Å²) in [5, 5.41) is 15.2. The van der Waals surface area contributed by atoms with Gasteiger partial charge in [-0.3, -0.25) is 19.3 Å².